The quantitative estimate of drug-likeness (QED) is 0.843. The molecule has 2 N–H and O–H groups in total. The third-order valence-corrected chi connectivity index (χ3v) is 2.49. The molecule has 0 radical (unpaired) electrons. The van der Waals surface area contributed by atoms with E-state index < -0.39 is 5.97 Å². The number of rotatable bonds is 3. The van der Waals surface area contributed by atoms with Gasteiger partial charge in [-0.25, -0.2) is 9.78 Å². The third kappa shape index (κ3) is 2.16. The summed E-state index contributed by atoms with van der Waals surface area (Å²) in [5.74, 6) is -1.08. The molecule has 0 spiro atoms. The van der Waals surface area contributed by atoms with Gasteiger partial charge >= 0.3 is 5.97 Å². The average Bonchev–Trinajstić information content (AvgIpc) is 2.38. The minimum Gasteiger partial charge on any atom is -0.476 e. The topological polar surface area (TPSA) is 70.4 Å². The number of pyridine rings is 1. The molecular weight excluding hydrogens is 218 g/mol. The Labute approximate surface area is 98.2 Å². The number of carboxylic acids is 1. The fourth-order valence-electron chi connectivity index (χ4n) is 1.71. The van der Waals surface area contributed by atoms with Crippen molar-refractivity contribution in [3.63, 3.8) is 0 Å². The monoisotopic (exact) mass is 229 g/mol. The number of carboxylic acid groups (broad SMARTS) is 1. The number of aliphatic hydroxyl groups is 1. The van der Waals surface area contributed by atoms with E-state index in [0.717, 1.165) is 0 Å². The highest BCUT2D eigenvalue weighted by Crippen LogP contribution is 2.25. The van der Waals surface area contributed by atoms with Gasteiger partial charge in [0, 0.05) is 11.8 Å². The second kappa shape index (κ2) is 4.76. The molecule has 0 aliphatic carbocycles. The predicted octanol–water partition coefficient (Wildman–Crippen LogP) is 1.94. The highest BCUT2D eigenvalue weighted by molar-refractivity contribution is 5.94. The van der Waals surface area contributed by atoms with E-state index in [1.165, 1.54) is 6.20 Å². The molecule has 1 aromatic heterocycles. The molecule has 0 atom stereocenters. The molecule has 86 valence electrons. The van der Waals surface area contributed by atoms with Gasteiger partial charge in [-0.3, -0.25) is 0 Å². The van der Waals surface area contributed by atoms with Crippen LogP contribution in [0.25, 0.3) is 11.1 Å². The molecule has 0 aliphatic rings. The van der Waals surface area contributed by atoms with Crippen LogP contribution >= 0.6 is 0 Å². The lowest BCUT2D eigenvalue weighted by Gasteiger charge is -2.09. The summed E-state index contributed by atoms with van der Waals surface area (Å²) in [6.45, 7) is -0.135. The van der Waals surface area contributed by atoms with E-state index in [2.05, 4.69) is 4.98 Å². The molecule has 0 saturated carbocycles. The van der Waals surface area contributed by atoms with Crippen molar-refractivity contribution < 1.29 is 15.0 Å². The van der Waals surface area contributed by atoms with Gasteiger partial charge in [0.25, 0.3) is 0 Å². The van der Waals surface area contributed by atoms with E-state index in [1.54, 1.807) is 36.4 Å². The van der Waals surface area contributed by atoms with E-state index in [4.69, 9.17) is 5.11 Å². The number of nitrogens with zero attached hydrogens (tertiary/aromatic N) is 1. The SMILES string of the molecule is O=C(O)c1ncccc1-c1ccccc1CO. The van der Waals surface area contributed by atoms with Gasteiger partial charge in [-0.2, -0.15) is 0 Å². The molecule has 2 aromatic rings. The van der Waals surface area contributed by atoms with Crippen LogP contribution in [0.15, 0.2) is 42.6 Å². The number of aromatic nitrogens is 1. The first-order valence-electron chi connectivity index (χ1n) is 5.11. The Bertz CT molecular complexity index is 552. The van der Waals surface area contributed by atoms with E-state index in [0.29, 0.717) is 16.7 Å². The Kier molecular flexibility index (Phi) is 3.16. The van der Waals surface area contributed by atoms with Crippen molar-refractivity contribution in [2.75, 3.05) is 0 Å². The number of hydrogen-bond donors (Lipinski definition) is 2. The largest absolute Gasteiger partial charge is 0.476 e. The van der Waals surface area contributed by atoms with Gasteiger partial charge in [0.2, 0.25) is 0 Å². The van der Waals surface area contributed by atoms with Crippen LogP contribution in [0.3, 0.4) is 0 Å². The number of benzene rings is 1. The average molecular weight is 229 g/mol. The van der Waals surface area contributed by atoms with Gasteiger partial charge in [0.05, 0.1) is 6.61 Å². The van der Waals surface area contributed by atoms with Crippen molar-refractivity contribution in [1.82, 2.24) is 4.98 Å². The van der Waals surface area contributed by atoms with Crippen molar-refractivity contribution in [2.45, 2.75) is 6.61 Å². The van der Waals surface area contributed by atoms with Crippen molar-refractivity contribution in [3.05, 3.63) is 53.9 Å². The van der Waals surface area contributed by atoms with Crippen LogP contribution in [-0.4, -0.2) is 21.2 Å². The molecule has 4 nitrogen and oxygen atoms in total. The lowest BCUT2D eigenvalue weighted by atomic mass is 9.99. The van der Waals surface area contributed by atoms with E-state index in [9.17, 15) is 9.90 Å². The second-order valence-corrected chi connectivity index (χ2v) is 3.52. The van der Waals surface area contributed by atoms with Crippen LogP contribution < -0.4 is 0 Å². The summed E-state index contributed by atoms with van der Waals surface area (Å²) in [6.07, 6.45) is 1.44. The maximum absolute atomic E-state index is 11.1. The van der Waals surface area contributed by atoms with E-state index >= 15 is 0 Å². The van der Waals surface area contributed by atoms with Gasteiger partial charge in [0.15, 0.2) is 5.69 Å². The van der Waals surface area contributed by atoms with Gasteiger partial charge in [-0.1, -0.05) is 30.3 Å². The molecule has 17 heavy (non-hydrogen) atoms. The first kappa shape index (κ1) is 11.3. The molecule has 0 aliphatic heterocycles. The summed E-state index contributed by atoms with van der Waals surface area (Å²) in [6, 6.07) is 10.5. The molecule has 0 saturated heterocycles. The normalized spacial score (nSPS) is 10.2. The summed E-state index contributed by atoms with van der Waals surface area (Å²) < 4.78 is 0. The summed E-state index contributed by atoms with van der Waals surface area (Å²) >= 11 is 0. The van der Waals surface area contributed by atoms with Gasteiger partial charge in [-0.05, 0) is 17.2 Å². The highest BCUT2D eigenvalue weighted by Gasteiger charge is 2.14. The molecule has 0 amide bonds. The molecule has 0 fully saturated rings. The third-order valence-electron chi connectivity index (χ3n) is 2.49. The summed E-state index contributed by atoms with van der Waals surface area (Å²) in [5, 5.41) is 18.3. The molecule has 4 heteroatoms. The molecular formula is C13H11NO3. The van der Waals surface area contributed by atoms with Crippen molar-refractivity contribution >= 4 is 5.97 Å². The fraction of sp³-hybridized carbons (Fsp3) is 0.0769. The van der Waals surface area contributed by atoms with Crippen molar-refractivity contribution in [3.8, 4) is 11.1 Å². The maximum atomic E-state index is 11.1. The van der Waals surface area contributed by atoms with Crippen LogP contribution in [0.5, 0.6) is 0 Å². The first-order valence-corrected chi connectivity index (χ1v) is 5.11. The van der Waals surface area contributed by atoms with Crippen LogP contribution in [0, 0.1) is 0 Å². The van der Waals surface area contributed by atoms with E-state index in [-0.39, 0.29) is 12.3 Å². The van der Waals surface area contributed by atoms with Crippen molar-refractivity contribution in [1.29, 1.82) is 0 Å². The zero-order valence-electron chi connectivity index (χ0n) is 9.00. The number of hydrogen-bond acceptors (Lipinski definition) is 3. The minimum atomic E-state index is -1.08. The fourth-order valence-corrected chi connectivity index (χ4v) is 1.71. The maximum Gasteiger partial charge on any atom is 0.355 e. The first-order chi connectivity index (χ1) is 8.24. The number of carbonyl (C=O) groups is 1. The molecule has 0 unspecified atom stereocenters. The Hall–Kier alpha value is -2.20. The standard InChI is InChI=1S/C13H11NO3/c15-8-9-4-1-2-5-10(9)11-6-3-7-14-12(11)13(16)17/h1-7,15H,8H2,(H,16,17). The van der Waals surface area contributed by atoms with Gasteiger partial charge < -0.3 is 10.2 Å². The highest BCUT2D eigenvalue weighted by atomic mass is 16.4. The van der Waals surface area contributed by atoms with Crippen LogP contribution in [0.4, 0.5) is 0 Å². The molecule has 1 heterocycles. The van der Waals surface area contributed by atoms with E-state index in [1.807, 2.05) is 0 Å². The molecule has 1 aromatic carbocycles. The van der Waals surface area contributed by atoms with Crippen molar-refractivity contribution in [2.24, 2.45) is 0 Å². The summed E-state index contributed by atoms with van der Waals surface area (Å²) in [7, 11) is 0. The smallest absolute Gasteiger partial charge is 0.355 e. The summed E-state index contributed by atoms with van der Waals surface area (Å²) in [5.41, 5.74) is 1.89. The Morgan fingerprint density at radius 2 is 1.82 bits per heavy atom. The number of aliphatic hydroxyl groups excluding tert-OH is 1. The van der Waals surface area contributed by atoms with Crippen LogP contribution in [-0.2, 0) is 6.61 Å². The van der Waals surface area contributed by atoms with Gasteiger partial charge in [-0.15, -0.1) is 0 Å². The minimum absolute atomic E-state index is 0.00611. The second-order valence-electron chi connectivity index (χ2n) is 3.52. The zero-order chi connectivity index (χ0) is 12.3. The Morgan fingerprint density at radius 3 is 2.53 bits per heavy atom. The van der Waals surface area contributed by atoms with Crippen LogP contribution in [0.2, 0.25) is 0 Å². The Balaban J connectivity index is 2.64. The summed E-state index contributed by atoms with van der Waals surface area (Å²) in [4.78, 5) is 14.9. The predicted molar refractivity (Wildman–Crippen MR) is 62.6 cm³/mol. The molecule has 2 rings (SSSR count). The Morgan fingerprint density at radius 1 is 1.12 bits per heavy atom. The van der Waals surface area contributed by atoms with Gasteiger partial charge in [0.1, 0.15) is 0 Å². The lowest BCUT2D eigenvalue weighted by molar-refractivity contribution is 0.0691. The lowest BCUT2D eigenvalue weighted by Crippen LogP contribution is -2.03. The van der Waals surface area contributed by atoms with Crippen LogP contribution in [0.1, 0.15) is 16.1 Å². The number of aromatic carboxylic acids is 1. The zero-order valence-corrected chi connectivity index (χ0v) is 9.00. The molecule has 0 bridgehead atoms.